The molecule has 0 radical (unpaired) electrons. The smallest absolute Gasteiger partial charge is 0.335 e. The van der Waals surface area contributed by atoms with E-state index in [9.17, 15) is 18.8 Å². The number of nitrogens with one attached hydrogen (secondary N) is 1. The standard InChI is InChI=1S/C12H9FN2O4/c13-9-6-15(12(19)14-10(9)16)5-7-2-1-3-8(4-7)11(17)18/h1-4,6H,5H2,(H,17,18)(H,14,16,19). The van der Waals surface area contributed by atoms with E-state index >= 15 is 0 Å². The van der Waals surface area contributed by atoms with Crippen LogP contribution in [0.3, 0.4) is 0 Å². The number of halogens is 1. The molecule has 0 aliphatic heterocycles. The van der Waals surface area contributed by atoms with Gasteiger partial charge in [-0.2, -0.15) is 4.39 Å². The van der Waals surface area contributed by atoms with Gasteiger partial charge in [0.1, 0.15) is 0 Å². The average molecular weight is 264 g/mol. The zero-order chi connectivity index (χ0) is 14.0. The van der Waals surface area contributed by atoms with Crippen LogP contribution < -0.4 is 11.2 Å². The van der Waals surface area contributed by atoms with E-state index in [1.165, 1.54) is 18.2 Å². The molecule has 7 heteroatoms. The monoisotopic (exact) mass is 264 g/mol. The van der Waals surface area contributed by atoms with Crippen LogP contribution in [0, 0.1) is 5.82 Å². The van der Waals surface area contributed by atoms with Gasteiger partial charge in [-0.1, -0.05) is 12.1 Å². The van der Waals surface area contributed by atoms with Gasteiger partial charge in [-0.3, -0.25) is 14.3 Å². The minimum Gasteiger partial charge on any atom is -0.478 e. The Kier molecular flexibility index (Phi) is 3.28. The second kappa shape index (κ2) is 4.89. The van der Waals surface area contributed by atoms with Crippen molar-refractivity contribution in [2.75, 3.05) is 0 Å². The third-order valence-corrected chi connectivity index (χ3v) is 2.49. The van der Waals surface area contributed by atoms with Gasteiger partial charge in [0.05, 0.1) is 18.3 Å². The molecule has 0 aliphatic rings. The molecule has 98 valence electrons. The molecule has 1 aromatic heterocycles. The Morgan fingerprint density at radius 2 is 2.11 bits per heavy atom. The number of carboxylic acids is 1. The first-order valence-electron chi connectivity index (χ1n) is 5.29. The summed E-state index contributed by atoms with van der Waals surface area (Å²) in [6, 6.07) is 5.90. The number of aromatic carboxylic acids is 1. The van der Waals surface area contributed by atoms with Crippen LogP contribution in [0.25, 0.3) is 0 Å². The number of benzene rings is 1. The Balaban J connectivity index is 2.39. The lowest BCUT2D eigenvalue weighted by atomic mass is 10.1. The van der Waals surface area contributed by atoms with Gasteiger partial charge in [0.2, 0.25) is 5.82 Å². The van der Waals surface area contributed by atoms with Crippen LogP contribution in [0.1, 0.15) is 15.9 Å². The third kappa shape index (κ3) is 2.76. The van der Waals surface area contributed by atoms with Gasteiger partial charge in [-0.15, -0.1) is 0 Å². The maximum atomic E-state index is 13.1. The second-order valence-electron chi connectivity index (χ2n) is 3.87. The van der Waals surface area contributed by atoms with E-state index in [2.05, 4.69) is 0 Å². The highest BCUT2D eigenvalue weighted by Crippen LogP contribution is 2.06. The molecule has 0 unspecified atom stereocenters. The van der Waals surface area contributed by atoms with Crippen LogP contribution in [0.4, 0.5) is 4.39 Å². The van der Waals surface area contributed by atoms with Crippen LogP contribution in [-0.4, -0.2) is 20.6 Å². The summed E-state index contributed by atoms with van der Waals surface area (Å²) >= 11 is 0. The Morgan fingerprint density at radius 1 is 1.37 bits per heavy atom. The van der Waals surface area contributed by atoms with Crippen LogP contribution in [0.2, 0.25) is 0 Å². The Labute approximate surface area is 105 Å². The summed E-state index contributed by atoms with van der Waals surface area (Å²) in [5.74, 6) is -2.17. The maximum absolute atomic E-state index is 13.1. The van der Waals surface area contributed by atoms with E-state index in [4.69, 9.17) is 5.11 Å². The van der Waals surface area contributed by atoms with Gasteiger partial charge in [0.15, 0.2) is 0 Å². The maximum Gasteiger partial charge on any atom is 0.335 e. The fourth-order valence-corrected chi connectivity index (χ4v) is 1.60. The van der Waals surface area contributed by atoms with Crippen molar-refractivity contribution < 1.29 is 14.3 Å². The van der Waals surface area contributed by atoms with Gasteiger partial charge >= 0.3 is 11.7 Å². The fourth-order valence-electron chi connectivity index (χ4n) is 1.60. The minimum absolute atomic E-state index is 0.0341. The van der Waals surface area contributed by atoms with Crippen molar-refractivity contribution in [1.82, 2.24) is 9.55 Å². The first kappa shape index (κ1) is 12.7. The van der Waals surface area contributed by atoms with Gasteiger partial charge in [-0.05, 0) is 17.7 Å². The molecule has 2 N–H and O–H groups in total. The summed E-state index contributed by atoms with van der Waals surface area (Å²) in [5.41, 5.74) is -1.27. The van der Waals surface area contributed by atoms with E-state index < -0.39 is 23.0 Å². The predicted octanol–water partition coefficient (Wildman–Crippen LogP) is 0.422. The minimum atomic E-state index is -1.10. The van der Waals surface area contributed by atoms with E-state index in [1.54, 1.807) is 6.07 Å². The molecule has 0 fully saturated rings. The quantitative estimate of drug-likeness (QED) is 0.840. The molecule has 19 heavy (non-hydrogen) atoms. The molecular weight excluding hydrogens is 255 g/mol. The van der Waals surface area contributed by atoms with Crippen LogP contribution in [0.5, 0.6) is 0 Å². The number of rotatable bonds is 3. The molecule has 2 rings (SSSR count). The molecule has 6 nitrogen and oxygen atoms in total. The number of aromatic amines is 1. The van der Waals surface area contributed by atoms with Crippen LogP contribution in [0.15, 0.2) is 40.1 Å². The molecule has 0 aliphatic carbocycles. The molecule has 0 amide bonds. The summed E-state index contributed by atoms with van der Waals surface area (Å²) in [6.45, 7) is -0.0341. The molecule has 0 saturated heterocycles. The molecule has 0 saturated carbocycles. The summed E-state index contributed by atoms with van der Waals surface area (Å²) < 4.78 is 14.0. The molecule has 0 spiro atoms. The lowest BCUT2D eigenvalue weighted by Gasteiger charge is -2.05. The van der Waals surface area contributed by atoms with Gasteiger partial charge < -0.3 is 5.11 Å². The zero-order valence-electron chi connectivity index (χ0n) is 9.59. The molecular formula is C12H9FN2O4. The Morgan fingerprint density at radius 3 is 2.79 bits per heavy atom. The number of hydrogen-bond acceptors (Lipinski definition) is 3. The summed E-state index contributed by atoms with van der Waals surface area (Å²) in [6.07, 6.45) is 0.786. The van der Waals surface area contributed by atoms with Gasteiger partial charge in [0.25, 0.3) is 5.56 Å². The molecule has 1 aromatic carbocycles. The highest BCUT2D eigenvalue weighted by atomic mass is 19.1. The van der Waals surface area contributed by atoms with Crippen molar-refractivity contribution in [1.29, 1.82) is 0 Å². The number of nitrogens with zero attached hydrogens (tertiary/aromatic N) is 1. The van der Waals surface area contributed by atoms with Crippen molar-refractivity contribution in [3.8, 4) is 0 Å². The van der Waals surface area contributed by atoms with Gasteiger partial charge in [-0.25, -0.2) is 9.59 Å². The van der Waals surface area contributed by atoms with Crippen LogP contribution >= 0.6 is 0 Å². The average Bonchev–Trinajstić information content (AvgIpc) is 2.36. The fraction of sp³-hybridized carbons (Fsp3) is 0.0833. The molecule has 2 aromatic rings. The number of H-pyrrole nitrogens is 1. The molecule has 0 atom stereocenters. The Bertz CT molecular complexity index is 748. The number of carbonyl (C=O) groups is 1. The second-order valence-corrected chi connectivity index (χ2v) is 3.87. The molecule has 1 heterocycles. The summed E-state index contributed by atoms with van der Waals surface area (Å²) in [4.78, 5) is 34.9. The predicted molar refractivity (Wildman–Crippen MR) is 63.8 cm³/mol. The van der Waals surface area contributed by atoms with Crippen LogP contribution in [-0.2, 0) is 6.54 Å². The normalized spacial score (nSPS) is 10.4. The summed E-state index contributed by atoms with van der Waals surface area (Å²) in [5, 5.41) is 8.83. The van der Waals surface area contributed by atoms with Crippen molar-refractivity contribution in [3.05, 3.63) is 68.2 Å². The number of aromatic nitrogens is 2. The zero-order valence-corrected chi connectivity index (χ0v) is 9.59. The van der Waals surface area contributed by atoms with Crippen molar-refractivity contribution in [3.63, 3.8) is 0 Å². The first-order valence-corrected chi connectivity index (χ1v) is 5.29. The lowest BCUT2D eigenvalue weighted by molar-refractivity contribution is 0.0696. The Hall–Kier alpha value is -2.70. The van der Waals surface area contributed by atoms with E-state index in [0.717, 1.165) is 10.8 Å². The third-order valence-electron chi connectivity index (χ3n) is 2.49. The van der Waals surface area contributed by atoms with Gasteiger partial charge in [0, 0.05) is 0 Å². The first-order chi connectivity index (χ1) is 8.97. The topological polar surface area (TPSA) is 92.2 Å². The van der Waals surface area contributed by atoms with E-state index in [0.29, 0.717) is 5.56 Å². The van der Waals surface area contributed by atoms with E-state index in [1.807, 2.05) is 4.98 Å². The number of carboxylic acid groups (broad SMARTS) is 1. The summed E-state index contributed by atoms with van der Waals surface area (Å²) in [7, 11) is 0. The molecule has 0 bridgehead atoms. The lowest BCUT2D eigenvalue weighted by Crippen LogP contribution is -2.31. The largest absolute Gasteiger partial charge is 0.478 e. The highest BCUT2D eigenvalue weighted by molar-refractivity contribution is 5.87. The van der Waals surface area contributed by atoms with E-state index in [-0.39, 0.29) is 12.1 Å². The van der Waals surface area contributed by atoms with Crippen molar-refractivity contribution in [2.24, 2.45) is 0 Å². The van der Waals surface area contributed by atoms with Crippen molar-refractivity contribution >= 4 is 5.97 Å². The number of hydrogen-bond donors (Lipinski definition) is 2. The SMILES string of the molecule is O=C(O)c1cccc(Cn2cc(F)c(=O)[nH]c2=O)c1. The van der Waals surface area contributed by atoms with Crippen molar-refractivity contribution in [2.45, 2.75) is 6.54 Å². The highest BCUT2D eigenvalue weighted by Gasteiger charge is 2.07.